The van der Waals surface area contributed by atoms with Crippen molar-refractivity contribution in [1.82, 2.24) is 24.6 Å². The van der Waals surface area contributed by atoms with Gasteiger partial charge in [0, 0.05) is 37.2 Å². The second kappa shape index (κ2) is 7.67. The minimum Gasteiger partial charge on any atom is -0.454 e. The van der Waals surface area contributed by atoms with Crippen LogP contribution in [0, 0.1) is 0 Å². The van der Waals surface area contributed by atoms with Gasteiger partial charge in [0.25, 0.3) is 5.89 Å². The van der Waals surface area contributed by atoms with Crippen molar-refractivity contribution in [3.05, 3.63) is 42.7 Å². The lowest BCUT2D eigenvalue weighted by molar-refractivity contribution is -0.130. The number of imidazole rings is 1. The fourth-order valence-corrected chi connectivity index (χ4v) is 4.21. The van der Waals surface area contributed by atoms with Crippen LogP contribution in [-0.4, -0.2) is 50.4 Å². The van der Waals surface area contributed by atoms with Gasteiger partial charge in [0.1, 0.15) is 0 Å². The summed E-state index contributed by atoms with van der Waals surface area (Å²) in [7, 11) is 0. The predicted octanol–water partition coefficient (Wildman–Crippen LogP) is 3.49. The summed E-state index contributed by atoms with van der Waals surface area (Å²) >= 11 is 0. The molecule has 4 aromatic rings. The molecule has 2 aromatic heterocycles. The Balaban J connectivity index is 1.20. The van der Waals surface area contributed by atoms with E-state index >= 15 is 0 Å². The molecular weight excluding hydrogens is 410 g/mol. The van der Waals surface area contributed by atoms with Crippen molar-refractivity contribution in [1.29, 1.82) is 0 Å². The molecule has 0 N–H and O–H groups in total. The van der Waals surface area contributed by atoms with E-state index in [4.69, 9.17) is 14.0 Å². The molecule has 0 spiro atoms. The lowest BCUT2D eigenvalue weighted by atomic mass is 10.2. The molecule has 2 aliphatic heterocycles. The third kappa shape index (κ3) is 3.35. The molecule has 0 bridgehead atoms. The monoisotopic (exact) mass is 431 g/mol. The smallest absolute Gasteiger partial charge is 0.258 e. The van der Waals surface area contributed by atoms with Gasteiger partial charge in [-0.25, -0.2) is 4.98 Å². The Hall–Kier alpha value is -3.88. The van der Waals surface area contributed by atoms with Crippen LogP contribution < -0.4 is 9.47 Å². The van der Waals surface area contributed by atoms with Crippen LogP contribution in [0.25, 0.3) is 33.9 Å². The predicted molar refractivity (Wildman–Crippen MR) is 115 cm³/mol. The SMILES string of the molecule is O=C(CCn1cnc2cc(-c3noc(-c4ccc5c(c4)OCO5)n3)ccc21)N1CCCC1. The molecule has 2 aliphatic rings. The van der Waals surface area contributed by atoms with Gasteiger partial charge in [0.15, 0.2) is 11.5 Å². The van der Waals surface area contributed by atoms with Gasteiger partial charge in [-0.3, -0.25) is 4.79 Å². The van der Waals surface area contributed by atoms with Gasteiger partial charge >= 0.3 is 0 Å². The van der Waals surface area contributed by atoms with E-state index in [-0.39, 0.29) is 12.7 Å². The Morgan fingerprint density at radius 2 is 1.84 bits per heavy atom. The van der Waals surface area contributed by atoms with E-state index in [0.717, 1.165) is 48.1 Å². The molecule has 1 amide bonds. The van der Waals surface area contributed by atoms with E-state index in [0.29, 0.717) is 36.2 Å². The van der Waals surface area contributed by atoms with Crippen LogP contribution in [0.4, 0.5) is 0 Å². The van der Waals surface area contributed by atoms with Gasteiger partial charge in [-0.1, -0.05) is 5.16 Å². The molecular formula is C23H21N5O4. The number of fused-ring (bicyclic) bond motifs is 2. The van der Waals surface area contributed by atoms with Crippen LogP contribution >= 0.6 is 0 Å². The largest absolute Gasteiger partial charge is 0.454 e. The van der Waals surface area contributed by atoms with E-state index in [1.807, 2.05) is 45.9 Å². The van der Waals surface area contributed by atoms with Gasteiger partial charge in [0.05, 0.1) is 17.4 Å². The number of carbonyl (C=O) groups is 1. The zero-order chi connectivity index (χ0) is 21.5. The molecule has 1 fully saturated rings. The van der Waals surface area contributed by atoms with Crippen molar-refractivity contribution in [2.45, 2.75) is 25.8 Å². The van der Waals surface area contributed by atoms with Gasteiger partial charge < -0.3 is 23.5 Å². The lowest BCUT2D eigenvalue weighted by Gasteiger charge is -2.15. The Labute approximate surface area is 183 Å². The number of carbonyl (C=O) groups excluding carboxylic acids is 1. The van der Waals surface area contributed by atoms with Crippen molar-refractivity contribution >= 4 is 16.9 Å². The van der Waals surface area contributed by atoms with E-state index in [9.17, 15) is 4.79 Å². The summed E-state index contributed by atoms with van der Waals surface area (Å²) in [6, 6.07) is 11.4. The minimum atomic E-state index is 0.212. The highest BCUT2D eigenvalue weighted by Gasteiger charge is 2.19. The zero-order valence-corrected chi connectivity index (χ0v) is 17.4. The first-order valence-corrected chi connectivity index (χ1v) is 10.7. The Kier molecular flexibility index (Phi) is 4.52. The number of rotatable bonds is 5. The van der Waals surface area contributed by atoms with Crippen LogP contribution in [0.1, 0.15) is 19.3 Å². The van der Waals surface area contributed by atoms with Crippen molar-refractivity contribution in [3.63, 3.8) is 0 Å². The van der Waals surface area contributed by atoms with Crippen LogP contribution in [-0.2, 0) is 11.3 Å². The average molecular weight is 431 g/mol. The third-order valence-corrected chi connectivity index (χ3v) is 5.95. The summed E-state index contributed by atoms with van der Waals surface area (Å²) in [5.74, 6) is 2.47. The summed E-state index contributed by atoms with van der Waals surface area (Å²) < 4.78 is 18.2. The quantitative estimate of drug-likeness (QED) is 0.477. The standard InChI is InChI=1S/C23H21N5O4/c29-21(27-8-1-2-9-27)7-10-28-13-24-17-11-15(3-5-18(17)28)22-25-23(32-26-22)16-4-6-19-20(12-16)31-14-30-19/h3-6,11-13H,1-2,7-10,14H2. The van der Waals surface area contributed by atoms with E-state index in [2.05, 4.69) is 15.1 Å². The van der Waals surface area contributed by atoms with E-state index in [1.165, 1.54) is 0 Å². The summed E-state index contributed by atoms with van der Waals surface area (Å²) in [4.78, 5) is 23.3. The number of hydrogen-bond donors (Lipinski definition) is 0. The lowest BCUT2D eigenvalue weighted by Crippen LogP contribution is -2.28. The number of hydrogen-bond acceptors (Lipinski definition) is 7. The highest BCUT2D eigenvalue weighted by Crippen LogP contribution is 2.36. The zero-order valence-electron chi connectivity index (χ0n) is 17.4. The average Bonchev–Trinajstić information content (AvgIpc) is 3.62. The maximum Gasteiger partial charge on any atom is 0.258 e. The third-order valence-electron chi connectivity index (χ3n) is 5.95. The summed E-state index contributed by atoms with van der Waals surface area (Å²) in [5, 5.41) is 4.13. The molecule has 0 atom stereocenters. The fraction of sp³-hybridized carbons (Fsp3) is 0.304. The van der Waals surface area contributed by atoms with Crippen molar-refractivity contribution in [2.24, 2.45) is 0 Å². The molecule has 4 heterocycles. The normalized spacial score (nSPS) is 15.1. The molecule has 6 rings (SSSR count). The number of likely N-dealkylation sites (tertiary alicyclic amines) is 1. The number of benzene rings is 2. The number of nitrogens with zero attached hydrogens (tertiary/aromatic N) is 5. The second-order valence-electron chi connectivity index (χ2n) is 7.97. The molecule has 0 unspecified atom stereocenters. The second-order valence-corrected chi connectivity index (χ2v) is 7.97. The number of aromatic nitrogens is 4. The maximum atomic E-state index is 12.3. The van der Waals surface area contributed by atoms with Crippen LogP contribution in [0.2, 0.25) is 0 Å². The van der Waals surface area contributed by atoms with E-state index < -0.39 is 0 Å². The summed E-state index contributed by atoms with van der Waals surface area (Å²) in [6.07, 6.45) is 4.47. The van der Waals surface area contributed by atoms with Gasteiger partial charge in [-0.05, 0) is 49.2 Å². The molecule has 0 aliphatic carbocycles. The Bertz CT molecular complexity index is 1300. The van der Waals surface area contributed by atoms with Crippen LogP contribution in [0.15, 0.2) is 47.2 Å². The number of aryl methyl sites for hydroxylation is 1. The number of amides is 1. The molecule has 9 nitrogen and oxygen atoms in total. The molecule has 32 heavy (non-hydrogen) atoms. The molecule has 9 heteroatoms. The highest BCUT2D eigenvalue weighted by molar-refractivity contribution is 5.81. The van der Waals surface area contributed by atoms with Gasteiger partial charge in [0.2, 0.25) is 18.5 Å². The summed E-state index contributed by atoms with van der Waals surface area (Å²) in [5.41, 5.74) is 3.38. The first kappa shape index (κ1) is 18.9. The van der Waals surface area contributed by atoms with Crippen LogP contribution in [0.3, 0.4) is 0 Å². The maximum absolute atomic E-state index is 12.3. The minimum absolute atomic E-state index is 0.212. The fourth-order valence-electron chi connectivity index (χ4n) is 4.21. The molecule has 0 radical (unpaired) electrons. The molecule has 0 saturated carbocycles. The first-order valence-electron chi connectivity index (χ1n) is 10.7. The Morgan fingerprint density at radius 3 is 2.75 bits per heavy atom. The summed E-state index contributed by atoms with van der Waals surface area (Å²) in [6.45, 7) is 2.59. The topological polar surface area (TPSA) is 95.5 Å². The van der Waals surface area contributed by atoms with Crippen molar-refractivity contribution in [2.75, 3.05) is 19.9 Å². The number of ether oxygens (including phenoxy) is 2. The molecule has 1 saturated heterocycles. The van der Waals surface area contributed by atoms with Crippen molar-refractivity contribution in [3.8, 4) is 34.3 Å². The molecule has 2 aromatic carbocycles. The van der Waals surface area contributed by atoms with Crippen LogP contribution in [0.5, 0.6) is 11.5 Å². The van der Waals surface area contributed by atoms with Gasteiger partial charge in [-0.15, -0.1) is 0 Å². The van der Waals surface area contributed by atoms with E-state index in [1.54, 1.807) is 6.33 Å². The van der Waals surface area contributed by atoms with Gasteiger partial charge in [-0.2, -0.15) is 4.98 Å². The Morgan fingerprint density at radius 1 is 1.00 bits per heavy atom. The first-order chi connectivity index (χ1) is 15.7. The molecule has 162 valence electrons. The highest BCUT2D eigenvalue weighted by atomic mass is 16.7. The van der Waals surface area contributed by atoms with Crippen molar-refractivity contribution < 1.29 is 18.8 Å².